The first-order chi connectivity index (χ1) is 32.4. The van der Waals surface area contributed by atoms with Crippen LogP contribution in [0.4, 0.5) is 0 Å². The van der Waals surface area contributed by atoms with Crippen LogP contribution in [0.25, 0.3) is 72.7 Å². The summed E-state index contributed by atoms with van der Waals surface area (Å²) in [6.45, 7) is 32.2. The molecule has 4 nitrogen and oxygen atoms in total. The van der Waals surface area contributed by atoms with Crippen molar-refractivity contribution in [2.24, 2.45) is 5.41 Å². The number of fused-ring (bicyclic) bond motifs is 1. The second kappa shape index (κ2) is 17.1. The first-order valence-corrected chi connectivity index (χ1v) is 23.8. The predicted octanol–water partition coefficient (Wildman–Crippen LogP) is 17.2. The van der Waals surface area contributed by atoms with Crippen LogP contribution in [-0.2, 0) is 28.0 Å². The van der Waals surface area contributed by atoms with E-state index in [9.17, 15) is 5.11 Å². The highest BCUT2D eigenvalue weighted by molar-refractivity contribution is 5.98. The van der Waals surface area contributed by atoms with E-state index in [-0.39, 0.29) is 27.4 Å². The quantitative estimate of drug-likeness (QED) is 0.173. The molecule has 67 heavy (non-hydrogen) atoms. The van der Waals surface area contributed by atoms with Gasteiger partial charge in [0.25, 0.3) is 0 Å². The molecule has 0 amide bonds. The molecule has 8 rings (SSSR count). The van der Waals surface area contributed by atoms with E-state index in [4.69, 9.17) is 14.1 Å². The lowest BCUT2D eigenvalue weighted by molar-refractivity contribution is 0.411. The second-order valence-corrected chi connectivity index (χ2v) is 23.6. The second-order valence-electron chi connectivity index (χ2n) is 23.6. The van der Waals surface area contributed by atoms with Gasteiger partial charge in [-0.05, 0) is 126 Å². The van der Waals surface area contributed by atoms with Crippen LogP contribution in [0, 0.1) is 5.41 Å². The summed E-state index contributed by atoms with van der Waals surface area (Å²) in [6.07, 6.45) is 0.0830. The number of aromatic hydroxyl groups is 1. The van der Waals surface area contributed by atoms with Crippen LogP contribution < -0.4 is 0 Å². The third kappa shape index (κ3) is 9.91. The van der Waals surface area contributed by atoms with E-state index in [1.54, 1.807) is 6.20 Å². The summed E-state index contributed by atoms with van der Waals surface area (Å²) in [5, 5.41) is 12.6. The molecule has 0 fully saturated rings. The minimum atomic E-state index is -1.53. The molecule has 0 saturated heterocycles. The van der Waals surface area contributed by atoms with Gasteiger partial charge < -0.3 is 5.11 Å². The summed E-state index contributed by atoms with van der Waals surface area (Å²) in [5.74, 6) is 0.883. The highest BCUT2D eigenvalue weighted by Crippen LogP contribution is 2.46. The van der Waals surface area contributed by atoms with Crippen molar-refractivity contribution < 1.29 is 9.22 Å². The van der Waals surface area contributed by atoms with Crippen molar-refractivity contribution in [3.8, 4) is 67.5 Å². The van der Waals surface area contributed by atoms with Crippen molar-refractivity contribution in [2.75, 3.05) is 0 Å². The van der Waals surface area contributed by atoms with Gasteiger partial charge in [-0.1, -0.05) is 189 Å². The first-order valence-electron chi connectivity index (χ1n) is 25.3. The summed E-state index contributed by atoms with van der Waals surface area (Å²) < 4.78 is 28.9. The van der Waals surface area contributed by atoms with Crippen LogP contribution in [0.2, 0.25) is 0 Å². The van der Waals surface area contributed by atoms with Gasteiger partial charge in [0.05, 0.1) is 29.3 Å². The third-order valence-electron chi connectivity index (χ3n) is 12.7. The van der Waals surface area contributed by atoms with Crippen molar-refractivity contribution in [1.29, 1.82) is 0 Å². The molecule has 8 aromatic rings. The van der Waals surface area contributed by atoms with Gasteiger partial charge in [-0.3, -0.25) is 9.55 Å². The number of para-hydroxylation sites is 1. The Kier molecular flexibility index (Phi) is 11.1. The summed E-state index contributed by atoms with van der Waals surface area (Å²) >= 11 is 0. The zero-order chi connectivity index (χ0) is 51.1. The number of hydrogen-bond donors (Lipinski definition) is 1. The topological polar surface area (TPSA) is 50.9 Å². The molecule has 6 aromatic carbocycles. The minimum absolute atomic E-state index is 0.101. The van der Waals surface area contributed by atoms with Gasteiger partial charge in [0.2, 0.25) is 0 Å². The van der Waals surface area contributed by atoms with Crippen molar-refractivity contribution in [1.82, 2.24) is 14.5 Å². The third-order valence-corrected chi connectivity index (χ3v) is 12.7. The predicted molar refractivity (Wildman–Crippen MR) is 286 cm³/mol. The normalized spacial score (nSPS) is 13.7. The van der Waals surface area contributed by atoms with E-state index in [1.165, 1.54) is 5.56 Å². The highest BCUT2D eigenvalue weighted by atomic mass is 16.3. The summed E-state index contributed by atoms with van der Waals surface area (Å²) in [7, 11) is 0. The maximum absolute atomic E-state index is 12.6. The monoisotopic (exact) mass is 889 g/mol. The number of phenols is 1. The van der Waals surface area contributed by atoms with Gasteiger partial charge >= 0.3 is 0 Å². The van der Waals surface area contributed by atoms with Crippen LogP contribution in [0.15, 0.2) is 140 Å². The molecule has 1 N–H and O–H groups in total. The largest absolute Gasteiger partial charge is 0.507 e. The number of pyridine rings is 1. The average Bonchev–Trinajstić information content (AvgIpc) is 3.67. The standard InChI is InChI=1S/C63H71N3O/c1-59(2,3)39-40-24-26-41(27-25-40)43-30-31-64-53(35-43)45-32-44(33-47(34-45)61(7,8)9)49-22-19-23-55-56(49)65-58(51-37-48(62(10,11)12)38-52(57(51)67)63(13,14)15)66(55)54-29-28-46(60(4,5)6)36-50(54)42-20-17-16-18-21-42/h16-38,67H,39H2,1-15H3/i30D,39D2. The van der Waals surface area contributed by atoms with Crippen molar-refractivity contribution >= 4 is 11.0 Å². The van der Waals surface area contributed by atoms with Crippen LogP contribution in [0.5, 0.6) is 5.75 Å². The van der Waals surface area contributed by atoms with Crippen LogP contribution in [0.3, 0.4) is 0 Å². The Balaban J connectivity index is 1.41. The Labute approximate surface area is 405 Å². The molecule has 0 unspecified atom stereocenters. The number of benzene rings is 6. The molecule has 0 bridgehead atoms. The molecular formula is C63H71N3O. The number of aromatic nitrogens is 3. The fourth-order valence-corrected chi connectivity index (χ4v) is 8.85. The van der Waals surface area contributed by atoms with E-state index in [0.29, 0.717) is 23.0 Å². The molecule has 4 heteroatoms. The Bertz CT molecular complexity index is 3260. The molecule has 0 aliphatic rings. The fraction of sp³-hybridized carbons (Fsp3) is 0.333. The molecule has 0 saturated carbocycles. The smallest absolute Gasteiger partial charge is 0.149 e. The lowest BCUT2D eigenvalue weighted by Crippen LogP contribution is -2.17. The number of phenolic OH excluding ortho intramolecular Hbond substituents is 1. The zero-order valence-electron chi connectivity index (χ0n) is 45.5. The summed E-state index contributed by atoms with van der Waals surface area (Å²) in [4.78, 5) is 10.6. The maximum atomic E-state index is 12.6. The van der Waals surface area contributed by atoms with Gasteiger partial charge in [0.15, 0.2) is 0 Å². The molecule has 344 valence electrons. The van der Waals surface area contributed by atoms with Crippen LogP contribution >= 0.6 is 0 Å². The van der Waals surface area contributed by atoms with Crippen molar-refractivity contribution in [3.05, 3.63) is 167 Å². The number of hydrogen-bond acceptors (Lipinski definition) is 3. The Morgan fingerprint density at radius 1 is 0.522 bits per heavy atom. The van der Waals surface area contributed by atoms with Gasteiger partial charge in [-0.2, -0.15) is 0 Å². The van der Waals surface area contributed by atoms with E-state index in [2.05, 4.69) is 185 Å². The summed E-state index contributed by atoms with van der Waals surface area (Å²) in [6, 6.07) is 44.5. The number of rotatable bonds is 7. The minimum Gasteiger partial charge on any atom is -0.507 e. The SMILES string of the molecule is [2H]c1cnc(-c2cc(-c3cccc4c3nc(-c3cc(C(C)(C)C)cc(C(C)(C)C)c3O)n4-c3ccc(C(C)(C)C)cc3-c3ccccc3)cc(C(C)(C)C)c2)cc1-c1ccc(C([2H])([2H])C(C)(C)C)cc1. The van der Waals surface area contributed by atoms with Crippen molar-refractivity contribution in [3.63, 3.8) is 0 Å². The fourth-order valence-electron chi connectivity index (χ4n) is 8.85. The van der Waals surface area contributed by atoms with Crippen LogP contribution in [0.1, 0.15) is 136 Å². The molecule has 2 aromatic heterocycles. The van der Waals surface area contributed by atoms with Gasteiger partial charge in [0, 0.05) is 31.2 Å². The summed E-state index contributed by atoms with van der Waals surface area (Å²) in [5.41, 5.74) is 14.1. The number of nitrogens with zero attached hydrogens (tertiary/aromatic N) is 3. The first kappa shape index (κ1) is 43.3. The van der Waals surface area contributed by atoms with Gasteiger partial charge in [0.1, 0.15) is 11.6 Å². The van der Waals surface area contributed by atoms with Crippen LogP contribution in [-0.4, -0.2) is 19.6 Å². The number of imidazole rings is 1. The Morgan fingerprint density at radius 3 is 1.78 bits per heavy atom. The van der Waals surface area contributed by atoms with E-state index in [1.807, 2.05) is 51.1 Å². The lowest BCUT2D eigenvalue weighted by Gasteiger charge is -2.28. The Hall–Kier alpha value is -6.26. The van der Waals surface area contributed by atoms with E-state index in [0.717, 1.165) is 78.0 Å². The molecule has 0 atom stereocenters. The highest BCUT2D eigenvalue weighted by Gasteiger charge is 2.30. The molecule has 0 aliphatic heterocycles. The molecular weight excluding hydrogens is 815 g/mol. The lowest BCUT2D eigenvalue weighted by atomic mass is 9.79. The van der Waals surface area contributed by atoms with Gasteiger partial charge in [-0.15, -0.1) is 0 Å². The van der Waals surface area contributed by atoms with E-state index < -0.39 is 11.8 Å². The Morgan fingerprint density at radius 2 is 1.15 bits per heavy atom. The van der Waals surface area contributed by atoms with Gasteiger partial charge in [-0.25, -0.2) is 4.98 Å². The molecule has 2 heterocycles. The zero-order valence-corrected chi connectivity index (χ0v) is 42.5. The van der Waals surface area contributed by atoms with Crippen molar-refractivity contribution in [2.45, 2.75) is 132 Å². The van der Waals surface area contributed by atoms with E-state index >= 15 is 0 Å². The molecule has 0 radical (unpaired) electrons. The molecule has 0 spiro atoms. The molecule has 0 aliphatic carbocycles. The maximum Gasteiger partial charge on any atom is 0.149 e. The average molecular weight is 889 g/mol.